The number of fused-ring (bicyclic) bond motifs is 7. The molecule has 8 rings (SSSR count). The molecule has 0 heterocycles. The van der Waals surface area contributed by atoms with Crippen molar-refractivity contribution < 1.29 is 47.7 Å². The van der Waals surface area contributed by atoms with Gasteiger partial charge < -0.3 is 23.7 Å². The molecule has 0 bridgehead atoms. The third kappa shape index (κ3) is 11.7. The van der Waals surface area contributed by atoms with Gasteiger partial charge in [-0.2, -0.15) is 0 Å². The Labute approximate surface area is 435 Å². The highest BCUT2D eigenvalue weighted by Crippen LogP contribution is 2.76. The third-order valence-corrected chi connectivity index (χ3v) is 19.3. The Kier molecular flexibility index (Phi) is 16.8. The van der Waals surface area contributed by atoms with Crippen molar-refractivity contribution in [2.45, 2.75) is 183 Å². The molecular weight excluding hydrogens is 917 g/mol. The van der Waals surface area contributed by atoms with Gasteiger partial charge in [0, 0.05) is 31.1 Å². The van der Waals surface area contributed by atoms with Gasteiger partial charge in [0.1, 0.15) is 32.5 Å². The Hall–Kier alpha value is -5.25. The fourth-order valence-corrected chi connectivity index (χ4v) is 14.9. The number of esters is 5. The van der Waals surface area contributed by atoms with E-state index in [9.17, 15) is 24.0 Å². The van der Waals surface area contributed by atoms with Gasteiger partial charge in [0.05, 0.1) is 5.41 Å². The van der Waals surface area contributed by atoms with Crippen molar-refractivity contribution in [1.82, 2.24) is 0 Å². The van der Waals surface area contributed by atoms with Crippen LogP contribution in [-0.2, 0) is 67.5 Å². The summed E-state index contributed by atoms with van der Waals surface area (Å²) in [6, 6.07) is 29.2. The standard InChI is InChI=1S/C63H82O10/c1-58(2)36-38-63(57(68)71-43-47-24-14-9-15-25-47)39-37-61(5)48(49(63)40-58)30-31-51-59(3)34-33-52(73-56(67)29-19-18-27-54(65)70-42-46-22-12-8-13-23-46)60(4,50(59)32-35-62(51,61)6)44-72-55(66)28-17-16-26-53(64)69-41-45-20-10-7-11-21-45/h7-15,20-25,30,49-52H,16-19,26-29,31-44H2,1-6H3/t49-,50?,51?,52-,59-,60-,61+,62+,63-/m0/s1. The van der Waals surface area contributed by atoms with E-state index in [1.807, 2.05) is 91.0 Å². The number of allylic oxidation sites excluding steroid dienone is 2. The summed E-state index contributed by atoms with van der Waals surface area (Å²) in [5.41, 5.74) is 2.89. The van der Waals surface area contributed by atoms with Crippen LogP contribution in [0.5, 0.6) is 0 Å². The van der Waals surface area contributed by atoms with Crippen molar-refractivity contribution in [3.8, 4) is 0 Å². The first-order valence-corrected chi connectivity index (χ1v) is 27.6. The molecule has 3 aromatic rings. The molecule has 0 aromatic heterocycles. The van der Waals surface area contributed by atoms with E-state index in [4.69, 9.17) is 23.7 Å². The van der Waals surface area contributed by atoms with Crippen LogP contribution in [0.3, 0.4) is 0 Å². The van der Waals surface area contributed by atoms with Gasteiger partial charge in [0.2, 0.25) is 0 Å². The van der Waals surface area contributed by atoms with Gasteiger partial charge in [-0.3, -0.25) is 24.0 Å². The highest BCUT2D eigenvalue weighted by atomic mass is 16.6. The average molecular weight is 999 g/mol. The quantitative estimate of drug-likeness (QED) is 0.0466. The van der Waals surface area contributed by atoms with Crippen LogP contribution in [0, 0.1) is 50.2 Å². The highest BCUT2D eigenvalue weighted by Gasteiger charge is 2.70. The largest absolute Gasteiger partial charge is 0.465 e. The second-order valence-corrected chi connectivity index (χ2v) is 24.3. The van der Waals surface area contributed by atoms with Crippen LogP contribution in [0.25, 0.3) is 0 Å². The van der Waals surface area contributed by atoms with Crippen molar-refractivity contribution in [3.05, 3.63) is 119 Å². The van der Waals surface area contributed by atoms with E-state index in [0.717, 1.165) is 74.5 Å². The van der Waals surface area contributed by atoms with E-state index >= 15 is 0 Å². The molecule has 2 unspecified atom stereocenters. The maximum Gasteiger partial charge on any atom is 0.313 e. The topological polar surface area (TPSA) is 132 Å². The molecule has 5 aliphatic carbocycles. The molecule has 0 spiro atoms. The van der Waals surface area contributed by atoms with Crippen LogP contribution < -0.4 is 0 Å². The molecule has 3 aromatic carbocycles. The molecule has 394 valence electrons. The highest BCUT2D eigenvalue weighted by molar-refractivity contribution is 5.79. The first-order chi connectivity index (χ1) is 34.9. The molecule has 0 radical (unpaired) electrons. The van der Waals surface area contributed by atoms with Gasteiger partial charge in [0.25, 0.3) is 0 Å². The summed E-state index contributed by atoms with van der Waals surface area (Å²) in [7, 11) is 0. The van der Waals surface area contributed by atoms with E-state index in [1.165, 1.54) is 5.57 Å². The van der Waals surface area contributed by atoms with Gasteiger partial charge >= 0.3 is 29.8 Å². The fraction of sp³-hybridized carbons (Fsp3) is 0.603. The lowest BCUT2D eigenvalue weighted by atomic mass is 9.33. The Balaban J connectivity index is 0.961. The second kappa shape index (κ2) is 22.7. The summed E-state index contributed by atoms with van der Waals surface area (Å²) in [5.74, 6) is -0.721. The number of hydrogen-bond acceptors (Lipinski definition) is 10. The lowest BCUT2D eigenvalue weighted by Gasteiger charge is -2.71. The molecule has 0 saturated heterocycles. The van der Waals surface area contributed by atoms with Crippen molar-refractivity contribution in [2.75, 3.05) is 6.61 Å². The third-order valence-electron chi connectivity index (χ3n) is 19.3. The van der Waals surface area contributed by atoms with Gasteiger partial charge in [-0.1, -0.05) is 144 Å². The fourth-order valence-electron chi connectivity index (χ4n) is 14.9. The van der Waals surface area contributed by atoms with Gasteiger partial charge in [-0.05, 0) is 146 Å². The Morgan fingerprint density at radius 2 is 1.01 bits per heavy atom. The molecular formula is C63H82O10. The zero-order valence-electron chi connectivity index (χ0n) is 44.7. The number of unbranched alkanes of at least 4 members (excludes halogenated alkanes) is 2. The van der Waals surface area contributed by atoms with Gasteiger partial charge in [-0.15, -0.1) is 0 Å². The summed E-state index contributed by atoms with van der Waals surface area (Å²) in [5, 5.41) is 0. The van der Waals surface area contributed by atoms with Crippen LogP contribution in [0.4, 0.5) is 0 Å². The molecule has 5 aliphatic rings. The summed E-state index contributed by atoms with van der Waals surface area (Å²) in [6.07, 6.45) is 13.7. The van der Waals surface area contributed by atoms with Crippen molar-refractivity contribution >= 4 is 29.8 Å². The van der Waals surface area contributed by atoms with Crippen LogP contribution in [0.1, 0.15) is 174 Å². The van der Waals surface area contributed by atoms with Crippen molar-refractivity contribution in [1.29, 1.82) is 0 Å². The summed E-state index contributed by atoms with van der Waals surface area (Å²) in [6.45, 7) is 15.3. The number of carbonyl (C=O) groups excluding carboxylic acids is 5. The minimum Gasteiger partial charge on any atom is -0.465 e. The lowest BCUT2D eigenvalue weighted by molar-refractivity contribution is -0.227. The molecule has 4 saturated carbocycles. The normalized spacial score (nSPS) is 30.9. The van der Waals surface area contributed by atoms with Crippen LogP contribution in [0.15, 0.2) is 103 Å². The smallest absolute Gasteiger partial charge is 0.313 e. The van der Waals surface area contributed by atoms with Crippen LogP contribution in [0.2, 0.25) is 0 Å². The van der Waals surface area contributed by atoms with Crippen molar-refractivity contribution in [3.63, 3.8) is 0 Å². The zero-order valence-corrected chi connectivity index (χ0v) is 44.7. The predicted octanol–water partition coefficient (Wildman–Crippen LogP) is 13.6. The number of hydrogen-bond donors (Lipinski definition) is 0. The molecule has 10 heteroatoms. The maximum atomic E-state index is 14.6. The molecule has 9 atom stereocenters. The molecule has 10 nitrogen and oxygen atoms in total. The first-order valence-electron chi connectivity index (χ1n) is 27.6. The molecule has 4 fully saturated rings. The number of rotatable bonds is 20. The van der Waals surface area contributed by atoms with E-state index < -0.39 is 16.9 Å². The maximum absolute atomic E-state index is 14.6. The SMILES string of the molecule is CC1(C)CC[C@]2(C(=O)OCc3ccccc3)CC[C@]3(C)C(=CCC4[C@@]5(C)CC[C@H](OC(=O)CCCCC(=O)OCc6ccccc6)[C@@](C)(COC(=O)CCCCC(=O)OCc6ccccc6)C5CC[C@]43C)[C@@H]2C1. The molecule has 0 amide bonds. The molecule has 73 heavy (non-hydrogen) atoms. The van der Waals surface area contributed by atoms with E-state index in [2.05, 4.69) is 47.6 Å². The van der Waals surface area contributed by atoms with E-state index in [1.54, 1.807) is 0 Å². The Morgan fingerprint density at radius 3 is 1.56 bits per heavy atom. The average Bonchev–Trinajstić information content (AvgIpc) is 3.38. The minimum atomic E-state index is -0.662. The summed E-state index contributed by atoms with van der Waals surface area (Å²) < 4.78 is 29.9. The van der Waals surface area contributed by atoms with E-state index in [0.29, 0.717) is 38.0 Å². The predicted molar refractivity (Wildman–Crippen MR) is 280 cm³/mol. The van der Waals surface area contributed by atoms with Crippen LogP contribution in [-0.4, -0.2) is 42.6 Å². The lowest BCUT2D eigenvalue weighted by Crippen LogP contribution is -2.66. The zero-order chi connectivity index (χ0) is 51.9. The first kappa shape index (κ1) is 54.0. The number of benzene rings is 3. The molecule has 0 aliphatic heterocycles. The summed E-state index contributed by atoms with van der Waals surface area (Å²) >= 11 is 0. The summed E-state index contributed by atoms with van der Waals surface area (Å²) in [4.78, 5) is 67.0. The number of ether oxygens (including phenoxy) is 5. The van der Waals surface area contributed by atoms with Gasteiger partial charge in [0.15, 0.2) is 0 Å². The second-order valence-electron chi connectivity index (χ2n) is 24.3. The minimum absolute atomic E-state index is 0.0383. The van der Waals surface area contributed by atoms with Gasteiger partial charge in [-0.25, -0.2) is 0 Å². The monoisotopic (exact) mass is 999 g/mol. The van der Waals surface area contributed by atoms with Crippen LogP contribution >= 0.6 is 0 Å². The Bertz CT molecular complexity index is 2430. The number of carbonyl (C=O) groups is 5. The van der Waals surface area contributed by atoms with E-state index in [-0.39, 0.29) is 115 Å². The molecule has 0 N–H and O–H groups in total. The Morgan fingerprint density at radius 1 is 0.521 bits per heavy atom. The van der Waals surface area contributed by atoms with Crippen molar-refractivity contribution in [2.24, 2.45) is 50.2 Å².